The molecule has 0 amide bonds. The molecular formula is C11H11N7O. The fourth-order valence-electron chi connectivity index (χ4n) is 1.70. The first-order valence-electron chi connectivity index (χ1n) is 5.62. The summed E-state index contributed by atoms with van der Waals surface area (Å²) in [5, 5.41) is 10.3. The molecule has 0 atom stereocenters. The average molecular weight is 257 g/mol. The monoisotopic (exact) mass is 257 g/mol. The van der Waals surface area contributed by atoms with Gasteiger partial charge in [0.25, 0.3) is 5.56 Å². The predicted molar refractivity (Wildman–Crippen MR) is 67.0 cm³/mol. The zero-order chi connectivity index (χ0) is 13.2. The molecule has 0 aromatic carbocycles. The minimum atomic E-state index is -0.251. The van der Waals surface area contributed by atoms with E-state index in [0.29, 0.717) is 18.1 Å². The molecule has 0 aliphatic rings. The second kappa shape index (κ2) is 4.50. The van der Waals surface area contributed by atoms with Crippen molar-refractivity contribution in [3.05, 3.63) is 52.8 Å². The van der Waals surface area contributed by atoms with Crippen LogP contribution in [0.1, 0.15) is 5.56 Å². The molecule has 3 N–H and O–H groups in total. The smallest absolute Gasteiger partial charge is 0.298 e. The summed E-state index contributed by atoms with van der Waals surface area (Å²) in [4.78, 5) is 16.4. The maximum atomic E-state index is 12.2. The summed E-state index contributed by atoms with van der Waals surface area (Å²) in [6.07, 6.45) is 6.29. The van der Waals surface area contributed by atoms with Crippen LogP contribution in [-0.2, 0) is 6.54 Å². The molecule has 0 bridgehead atoms. The van der Waals surface area contributed by atoms with Crippen LogP contribution in [0.15, 0.2) is 41.7 Å². The number of nitrogens with one attached hydrogen (secondary N) is 1. The lowest BCUT2D eigenvalue weighted by Gasteiger charge is -2.01. The van der Waals surface area contributed by atoms with Gasteiger partial charge < -0.3 is 5.73 Å². The molecule has 0 saturated carbocycles. The van der Waals surface area contributed by atoms with E-state index in [2.05, 4.69) is 20.4 Å². The number of hydrogen-bond acceptors (Lipinski definition) is 5. The van der Waals surface area contributed by atoms with E-state index in [1.807, 2.05) is 6.07 Å². The van der Waals surface area contributed by atoms with E-state index in [1.165, 1.54) is 15.6 Å². The number of hydrogen-bond donors (Lipinski definition) is 2. The van der Waals surface area contributed by atoms with Crippen LogP contribution in [0.2, 0.25) is 0 Å². The zero-order valence-electron chi connectivity index (χ0n) is 9.89. The van der Waals surface area contributed by atoms with Crippen LogP contribution in [0.4, 0.5) is 0 Å². The second-order valence-electron chi connectivity index (χ2n) is 3.88. The highest BCUT2D eigenvalue weighted by Crippen LogP contribution is 2.04. The summed E-state index contributed by atoms with van der Waals surface area (Å²) in [5.74, 6) is 0.494. The second-order valence-corrected chi connectivity index (χ2v) is 3.88. The Balaban J connectivity index is 2.04. The van der Waals surface area contributed by atoms with Gasteiger partial charge in [-0.2, -0.15) is 4.68 Å². The first kappa shape index (κ1) is 11.4. The number of H-pyrrole nitrogens is 1. The number of pyridine rings is 1. The van der Waals surface area contributed by atoms with E-state index >= 15 is 0 Å². The summed E-state index contributed by atoms with van der Waals surface area (Å²) in [6, 6.07) is 3.55. The van der Waals surface area contributed by atoms with Crippen LogP contribution in [0.25, 0.3) is 11.5 Å². The minimum Gasteiger partial charge on any atom is -0.326 e. The van der Waals surface area contributed by atoms with Crippen LogP contribution in [-0.4, -0.2) is 29.8 Å². The van der Waals surface area contributed by atoms with Gasteiger partial charge in [-0.15, -0.1) is 5.10 Å². The van der Waals surface area contributed by atoms with E-state index in [0.717, 1.165) is 5.56 Å². The lowest BCUT2D eigenvalue weighted by Crippen LogP contribution is -2.19. The third-order valence-corrected chi connectivity index (χ3v) is 2.70. The molecule has 0 saturated heterocycles. The van der Waals surface area contributed by atoms with E-state index in [4.69, 9.17) is 5.73 Å². The average Bonchev–Trinajstić information content (AvgIpc) is 3.08. The Kier molecular flexibility index (Phi) is 2.69. The summed E-state index contributed by atoms with van der Waals surface area (Å²) < 4.78 is 2.72. The van der Waals surface area contributed by atoms with Gasteiger partial charge in [0.2, 0.25) is 0 Å². The van der Waals surface area contributed by atoms with Crippen LogP contribution < -0.4 is 11.3 Å². The van der Waals surface area contributed by atoms with Crippen molar-refractivity contribution in [2.24, 2.45) is 5.73 Å². The van der Waals surface area contributed by atoms with Gasteiger partial charge in [0.05, 0.1) is 18.6 Å². The van der Waals surface area contributed by atoms with Gasteiger partial charge in [-0.3, -0.25) is 9.89 Å². The molecule has 3 rings (SSSR count). The molecule has 8 heteroatoms. The maximum absolute atomic E-state index is 12.2. The van der Waals surface area contributed by atoms with Crippen molar-refractivity contribution >= 4 is 0 Å². The van der Waals surface area contributed by atoms with E-state index in [9.17, 15) is 4.79 Å². The number of rotatable bonds is 3. The lowest BCUT2D eigenvalue weighted by atomic mass is 10.3. The fourth-order valence-corrected chi connectivity index (χ4v) is 1.70. The normalized spacial score (nSPS) is 10.8. The Morgan fingerprint density at radius 3 is 2.89 bits per heavy atom. The summed E-state index contributed by atoms with van der Waals surface area (Å²) >= 11 is 0. The van der Waals surface area contributed by atoms with Gasteiger partial charge in [-0.1, -0.05) is 11.3 Å². The zero-order valence-corrected chi connectivity index (χ0v) is 9.89. The highest BCUT2D eigenvalue weighted by molar-refractivity contribution is 5.30. The molecule has 0 unspecified atom stereocenters. The van der Waals surface area contributed by atoms with Crippen molar-refractivity contribution in [1.29, 1.82) is 0 Å². The highest BCUT2D eigenvalue weighted by Gasteiger charge is 2.10. The van der Waals surface area contributed by atoms with Gasteiger partial charge in [0.1, 0.15) is 0 Å². The predicted octanol–water partition coefficient (Wildman–Crippen LogP) is -0.400. The van der Waals surface area contributed by atoms with Crippen molar-refractivity contribution < 1.29 is 0 Å². The minimum absolute atomic E-state index is 0.251. The Morgan fingerprint density at radius 1 is 1.37 bits per heavy atom. The number of aromatic amines is 1. The van der Waals surface area contributed by atoms with Gasteiger partial charge in [0.15, 0.2) is 11.5 Å². The maximum Gasteiger partial charge on any atom is 0.298 e. The molecule has 3 heterocycles. The van der Waals surface area contributed by atoms with Gasteiger partial charge in [0, 0.05) is 12.7 Å². The van der Waals surface area contributed by atoms with Crippen molar-refractivity contribution in [2.45, 2.75) is 6.54 Å². The van der Waals surface area contributed by atoms with Crippen LogP contribution in [0.3, 0.4) is 0 Å². The number of aromatic nitrogens is 6. The Morgan fingerprint density at radius 2 is 2.26 bits per heavy atom. The molecule has 19 heavy (non-hydrogen) atoms. The molecule has 0 spiro atoms. The summed E-state index contributed by atoms with van der Waals surface area (Å²) in [7, 11) is 0. The molecule has 0 fully saturated rings. The van der Waals surface area contributed by atoms with Gasteiger partial charge >= 0.3 is 0 Å². The Bertz CT molecular complexity index is 723. The van der Waals surface area contributed by atoms with E-state index < -0.39 is 0 Å². The molecule has 3 aromatic heterocycles. The van der Waals surface area contributed by atoms with Crippen molar-refractivity contribution in [3.8, 4) is 11.5 Å². The van der Waals surface area contributed by atoms with Crippen LogP contribution >= 0.6 is 0 Å². The third-order valence-electron chi connectivity index (χ3n) is 2.70. The quantitative estimate of drug-likeness (QED) is 0.663. The lowest BCUT2D eigenvalue weighted by molar-refractivity contribution is 0.785. The van der Waals surface area contributed by atoms with Crippen LogP contribution in [0, 0.1) is 0 Å². The van der Waals surface area contributed by atoms with Crippen LogP contribution in [0.5, 0.6) is 0 Å². The van der Waals surface area contributed by atoms with Crippen molar-refractivity contribution in [3.63, 3.8) is 0 Å². The fraction of sp³-hybridized carbons (Fsp3) is 0.0909. The SMILES string of the molecule is NCc1ccc(-n2[nH]cc(-n3ccnn3)c2=O)nc1. The largest absolute Gasteiger partial charge is 0.326 e. The van der Waals surface area contributed by atoms with E-state index in [-0.39, 0.29) is 5.56 Å². The standard InChI is InChI=1S/C11H11N7O/c12-5-8-1-2-10(13-6-8)18-11(19)9(7-15-18)17-4-3-14-16-17/h1-4,6-7,15H,5,12H2. The molecular weight excluding hydrogens is 246 g/mol. The molecule has 0 aliphatic heterocycles. The van der Waals surface area contributed by atoms with Gasteiger partial charge in [-0.05, 0) is 11.6 Å². The highest BCUT2D eigenvalue weighted by atomic mass is 16.1. The molecule has 8 nitrogen and oxygen atoms in total. The molecule has 96 valence electrons. The van der Waals surface area contributed by atoms with Crippen molar-refractivity contribution in [1.82, 2.24) is 29.8 Å². The third kappa shape index (κ3) is 1.93. The topological polar surface area (TPSA) is 107 Å². The summed E-state index contributed by atoms with van der Waals surface area (Å²) in [6.45, 7) is 0.414. The molecule has 0 aliphatic carbocycles. The van der Waals surface area contributed by atoms with E-state index in [1.54, 1.807) is 24.7 Å². The molecule has 0 radical (unpaired) electrons. The Labute approximate surface area is 107 Å². The summed E-state index contributed by atoms with van der Waals surface area (Å²) in [5.41, 5.74) is 6.53. The Hall–Kier alpha value is -2.74. The first-order chi connectivity index (χ1) is 9.29. The number of nitrogens with zero attached hydrogens (tertiary/aromatic N) is 5. The first-order valence-corrected chi connectivity index (χ1v) is 5.62. The molecule has 3 aromatic rings. The van der Waals surface area contributed by atoms with Crippen molar-refractivity contribution in [2.75, 3.05) is 0 Å². The number of nitrogens with two attached hydrogens (primary N) is 1. The van der Waals surface area contributed by atoms with Gasteiger partial charge in [-0.25, -0.2) is 9.67 Å².